The minimum Gasteiger partial charge on any atom is -0.356 e. The summed E-state index contributed by atoms with van der Waals surface area (Å²) in [6, 6.07) is 0. The molecule has 118 valence electrons. The Hall–Kier alpha value is -0.980. The predicted octanol–water partition coefficient (Wildman–Crippen LogP) is 1.19. The van der Waals surface area contributed by atoms with Crippen LogP contribution in [0.2, 0.25) is 0 Å². The van der Waals surface area contributed by atoms with Crippen LogP contribution in [-0.2, 0) is 11.2 Å². The first-order chi connectivity index (χ1) is 10.2. The first-order valence-electron chi connectivity index (χ1n) is 7.85. The van der Waals surface area contributed by atoms with E-state index in [0.29, 0.717) is 6.42 Å². The van der Waals surface area contributed by atoms with Crippen molar-refractivity contribution in [2.45, 2.75) is 32.6 Å². The number of hydrogen-bond donors (Lipinski definition) is 2. The zero-order chi connectivity index (χ0) is 14.9. The summed E-state index contributed by atoms with van der Waals surface area (Å²) in [7, 11) is 0. The lowest BCUT2D eigenvalue weighted by atomic mass is 10.2. The number of aromatic nitrogens is 1. The highest BCUT2D eigenvalue weighted by Crippen LogP contribution is 2.10. The number of hydrogen-bond acceptors (Lipinski definition) is 5. The van der Waals surface area contributed by atoms with Gasteiger partial charge in [-0.25, -0.2) is 4.98 Å². The molecule has 1 saturated heterocycles. The van der Waals surface area contributed by atoms with Crippen molar-refractivity contribution in [1.29, 1.82) is 0 Å². The molecule has 1 aliphatic rings. The van der Waals surface area contributed by atoms with Crippen molar-refractivity contribution >= 4 is 17.2 Å². The smallest absolute Gasteiger partial charge is 0.220 e. The Bertz CT molecular complexity index is 429. The number of carbonyl (C=O) groups excluding carboxylic acids is 1. The first-order valence-corrected chi connectivity index (χ1v) is 8.73. The Labute approximate surface area is 131 Å². The maximum Gasteiger partial charge on any atom is 0.220 e. The van der Waals surface area contributed by atoms with Gasteiger partial charge < -0.3 is 15.5 Å². The molecule has 1 aliphatic heterocycles. The van der Waals surface area contributed by atoms with E-state index in [-0.39, 0.29) is 5.91 Å². The molecule has 2 heterocycles. The van der Waals surface area contributed by atoms with Gasteiger partial charge in [-0.2, -0.15) is 0 Å². The van der Waals surface area contributed by atoms with Crippen LogP contribution in [0.4, 0.5) is 0 Å². The van der Waals surface area contributed by atoms with E-state index in [2.05, 4.69) is 25.9 Å². The second kappa shape index (κ2) is 9.12. The van der Waals surface area contributed by atoms with Crippen LogP contribution in [0.1, 0.15) is 30.0 Å². The summed E-state index contributed by atoms with van der Waals surface area (Å²) in [6.45, 7) is 8.31. The minimum atomic E-state index is 0.169. The van der Waals surface area contributed by atoms with E-state index in [1.807, 2.05) is 6.92 Å². The fourth-order valence-electron chi connectivity index (χ4n) is 2.51. The third-order valence-electron chi connectivity index (χ3n) is 3.69. The lowest BCUT2D eigenvalue weighted by molar-refractivity contribution is -0.121. The molecule has 0 radical (unpaired) electrons. The molecule has 0 bridgehead atoms. The number of piperazine rings is 1. The number of carbonyl (C=O) groups is 1. The molecule has 1 aromatic rings. The van der Waals surface area contributed by atoms with Gasteiger partial charge in [-0.3, -0.25) is 4.79 Å². The fraction of sp³-hybridized carbons (Fsp3) is 0.733. The highest BCUT2D eigenvalue weighted by atomic mass is 32.1. The van der Waals surface area contributed by atoms with E-state index in [9.17, 15) is 4.79 Å². The number of nitrogens with one attached hydrogen (secondary N) is 2. The molecule has 0 atom stereocenters. The van der Waals surface area contributed by atoms with Gasteiger partial charge in [-0.1, -0.05) is 0 Å². The molecule has 0 aromatic carbocycles. The molecule has 0 unspecified atom stereocenters. The minimum absolute atomic E-state index is 0.169. The van der Waals surface area contributed by atoms with Crippen LogP contribution in [-0.4, -0.2) is 55.1 Å². The molecule has 0 spiro atoms. The molecule has 2 rings (SSSR count). The van der Waals surface area contributed by atoms with Crippen LogP contribution < -0.4 is 10.6 Å². The van der Waals surface area contributed by atoms with Gasteiger partial charge in [0.05, 0.1) is 10.7 Å². The fourth-order valence-corrected chi connectivity index (χ4v) is 3.15. The molecule has 21 heavy (non-hydrogen) atoms. The van der Waals surface area contributed by atoms with Crippen LogP contribution in [0.5, 0.6) is 0 Å². The summed E-state index contributed by atoms with van der Waals surface area (Å²) in [5.74, 6) is 0.169. The topological polar surface area (TPSA) is 57.3 Å². The van der Waals surface area contributed by atoms with Gasteiger partial charge in [0.15, 0.2) is 0 Å². The van der Waals surface area contributed by atoms with Crippen LogP contribution in [0.25, 0.3) is 0 Å². The Kier molecular flexibility index (Phi) is 7.12. The first kappa shape index (κ1) is 16.4. The maximum absolute atomic E-state index is 11.7. The van der Waals surface area contributed by atoms with Crippen molar-refractivity contribution in [3.8, 4) is 0 Å². The third-order valence-corrected chi connectivity index (χ3v) is 4.51. The van der Waals surface area contributed by atoms with Crippen LogP contribution in [0.3, 0.4) is 0 Å². The molecule has 1 aromatic heterocycles. The predicted molar refractivity (Wildman–Crippen MR) is 86.7 cm³/mol. The molecular weight excluding hydrogens is 284 g/mol. The SMILES string of the molecule is Cc1nc(CCCC(=O)NCCCN2CCNCC2)cs1. The summed E-state index contributed by atoms with van der Waals surface area (Å²) < 4.78 is 0. The van der Waals surface area contributed by atoms with E-state index in [4.69, 9.17) is 0 Å². The number of aryl methyl sites for hydroxylation is 2. The van der Waals surface area contributed by atoms with Gasteiger partial charge >= 0.3 is 0 Å². The Morgan fingerprint density at radius 1 is 1.43 bits per heavy atom. The van der Waals surface area contributed by atoms with Gasteiger partial charge in [-0.05, 0) is 32.7 Å². The standard InChI is InChI=1S/C15H26N4OS/c1-13-18-14(12-21-13)4-2-5-15(20)17-6-3-9-19-10-7-16-8-11-19/h12,16H,2-11H2,1H3,(H,17,20). The summed E-state index contributed by atoms with van der Waals surface area (Å²) >= 11 is 1.67. The Morgan fingerprint density at radius 3 is 2.95 bits per heavy atom. The molecule has 0 aliphatic carbocycles. The van der Waals surface area contributed by atoms with Crippen molar-refractivity contribution in [2.24, 2.45) is 0 Å². The van der Waals surface area contributed by atoms with Gasteiger partial charge in [0, 0.05) is 44.5 Å². The zero-order valence-corrected chi connectivity index (χ0v) is 13.7. The summed E-state index contributed by atoms with van der Waals surface area (Å²) in [4.78, 5) is 18.6. The molecular formula is C15H26N4OS. The summed E-state index contributed by atoms with van der Waals surface area (Å²) in [5.41, 5.74) is 1.11. The summed E-state index contributed by atoms with van der Waals surface area (Å²) in [6.07, 6.45) is 3.42. The van der Waals surface area contributed by atoms with E-state index in [1.165, 1.54) is 0 Å². The molecule has 6 heteroatoms. The summed E-state index contributed by atoms with van der Waals surface area (Å²) in [5, 5.41) is 9.54. The Morgan fingerprint density at radius 2 is 2.24 bits per heavy atom. The van der Waals surface area contributed by atoms with Crippen LogP contribution >= 0.6 is 11.3 Å². The molecule has 2 N–H and O–H groups in total. The van der Waals surface area contributed by atoms with Crippen molar-refractivity contribution in [3.63, 3.8) is 0 Å². The van der Waals surface area contributed by atoms with Crippen molar-refractivity contribution in [2.75, 3.05) is 39.3 Å². The molecule has 1 fully saturated rings. The van der Waals surface area contributed by atoms with Gasteiger partial charge in [0.1, 0.15) is 0 Å². The van der Waals surface area contributed by atoms with Crippen molar-refractivity contribution < 1.29 is 4.79 Å². The number of nitrogens with zero attached hydrogens (tertiary/aromatic N) is 2. The van der Waals surface area contributed by atoms with E-state index in [0.717, 1.165) is 69.2 Å². The van der Waals surface area contributed by atoms with Gasteiger partial charge in [0.25, 0.3) is 0 Å². The average Bonchev–Trinajstić information content (AvgIpc) is 2.90. The van der Waals surface area contributed by atoms with Crippen molar-refractivity contribution in [3.05, 3.63) is 16.1 Å². The molecule has 5 nitrogen and oxygen atoms in total. The van der Waals surface area contributed by atoms with E-state index in [1.54, 1.807) is 11.3 Å². The average molecular weight is 310 g/mol. The zero-order valence-electron chi connectivity index (χ0n) is 12.9. The lowest BCUT2D eigenvalue weighted by Crippen LogP contribution is -2.44. The normalized spacial score (nSPS) is 16.0. The highest BCUT2D eigenvalue weighted by Gasteiger charge is 2.08. The largest absolute Gasteiger partial charge is 0.356 e. The van der Waals surface area contributed by atoms with Gasteiger partial charge in [0.2, 0.25) is 5.91 Å². The van der Waals surface area contributed by atoms with Crippen molar-refractivity contribution in [1.82, 2.24) is 20.5 Å². The maximum atomic E-state index is 11.7. The Balaban J connectivity index is 1.47. The highest BCUT2D eigenvalue weighted by molar-refractivity contribution is 7.09. The number of rotatable bonds is 8. The number of amides is 1. The van der Waals surface area contributed by atoms with Gasteiger partial charge in [-0.15, -0.1) is 11.3 Å². The lowest BCUT2D eigenvalue weighted by Gasteiger charge is -2.27. The monoisotopic (exact) mass is 310 g/mol. The second-order valence-electron chi connectivity index (χ2n) is 5.51. The van der Waals surface area contributed by atoms with Crippen LogP contribution in [0, 0.1) is 6.92 Å². The van der Waals surface area contributed by atoms with E-state index >= 15 is 0 Å². The second-order valence-corrected chi connectivity index (χ2v) is 6.57. The van der Waals surface area contributed by atoms with E-state index < -0.39 is 0 Å². The van der Waals surface area contributed by atoms with Crippen LogP contribution in [0.15, 0.2) is 5.38 Å². The molecule has 1 amide bonds. The molecule has 0 saturated carbocycles. The number of thiazole rings is 1. The quantitative estimate of drug-likeness (QED) is 0.708. The third kappa shape index (κ3) is 6.54.